The second-order valence-corrected chi connectivity index (χ2v) is 5.27. The number of hydrogen-bond donors (Lipinski definition) is 1. The van der Waals surface area contributed by atoms with Crippen LogP contribution in [0.2, 0.25) is 0 Å². The Kier molecular flexibility index (Phi) is 4.23. The number of rotatable bonds is 4. The van der Waals surface area contributed by atoms with E-state index in [0.717, 1.165) is 17.9 Å². The molecule has 2 N–H and O–H groups in total. The molecule has 1 aliphatic rings. The summed E-state index contributed by atoms with van der Waals surface area (Å²) >= 11 is 0. The third-order valence-corrected chi connectivity index (χ3v) is 4.23. The van der Waals surface area contributed by atoms with Crippen LogP contribution in [0, 0.1) is 17.7 Å². The highest BCUT2D eigenvalue weighted by molar-refractivity contribution is 5.31. The molecule has 3 unspecified atom stereocenters. The van der Waals surface area contributed by atoms with Crippen molar-refractivity contribution in [1.29, 1.82) is 0 Å². The molecule has 0 aromatic heterocycles. The van der Waals surface area contributed by atoms with Crippen molar-refractivity contribution in [2.45, 2.75) is 38.6 Å². The van der Waals surface area contributed by atoms with Gasteiger partial charge in [-0.1, -0.05) is 25.8 Å². The molecule has 3 atom stereocenters. The molecule has 1 aromatic carbocycles. The monoisotopic (exact) mass is 251 g/mol. The van der Waals surface area contributed by atoms with E-state index in [2.05, 4.69) is 6.92 Å². The van der Waals surface area contributed by atoms with Gasteiger partial charge in [0.1, 0.15) is 0 Å². The van der Waals surface area contributed by atoms with Crippen LogP contribution in [0.4, 0.5) is 4.39 Å². The molecular formula is C15H22FNO. The van der Waals surface area contributed by atoms with Crippen molar-refractivity contribution in [3.8, 4) is 5.75 Å². The maximum absolute atomic E-state index is 13.7. The lowest BCUT2D eigenvalue weighted by atomic mass is 9.91. The summed E-state index contributed by atoms with van der Waals surface area (Å²) in [6.07, 6.45) is 4.81. The van der Waals surface area contributed by atoms with Crippen LogP contribution in [-0.2, 0) is 0 Å². The minimum Gasteiger partial charge on any atom is -0.494 e. The Morgan fingerprint density at radius 1 is 1.44 bits per heavy atom. The van der Waals surface area contributed by atoms with Crippen molar-refractivity contribution in [3.63, 3.8) is 0 Å². The van der Waals surface area contributed by atoms with Gasteiger partial charge in [0.05, 0.1) is 7.11 Å². The molecule has 2 nitrogen and oxygen atoms in total. The number of methoxy groups -OCH3 is 1. The summed E-state index contributed by atoms with van der Waals surface area (Å²) in [5.74, 6) is 1.24. The summed E-state index contributed by atoms with van der Waals surface area (Å²) in [5.41, 5.74) is 7.15. The van der Waals surface area contributed by atoms with E-state index in [1.54, 1.807) is 6.07 Å². The Balaban J connectivity index is 2.09. The minimum atomic E-state index is -0.324. The zero-order chi connectivity index (χ0) is 13.1. The normalized spacial score (nSPS) is 25.1. The lowest BCUT2D eigenvalue weighted by Gasteiger charge is -2.20. The molecular weight excluding hydrogens is 229 g/mol. The van der Waals surface area contributed by atoms with Crippen molar-refractivity contribution in [3.05, 3.63) is 29.6 Å². The fourth-order valence-corrected chi connectivity index (χ4v) is 2.97. The Hall–Kier alpha value is -1.09. The smallest absolute Gasteiger partial charge is 0.165 e. The molecule has 100 valence electrons. The van der Waals surface area contributed by atoms with Crippen LogP contribution in [-0.4, -0.2) is 7.11 Å². The van der Waals surface area contributed by atoms with E-state index in [0.29, 0.717) is 5.92 Å². The van der Waals surface area contributed by atoms with Crippen molar-refractivity contribution in [1.82, 2.24) is 0 Å². The zero-order valence-electron chi connectivity index (χ0n) is 11.2. The first-order valence-electron chi connectivity index (χ1n) is 6.74. The van der Waals surface area contributed by atoms with Gasteiger partial charge in [-0.15, -0.1) is 0 Å². The average Bonchev–Trinajstić information content (AvgIpc) is 2.86. The molecule has 1 aromatic rings. The highest BCUT2D eigenvalue weighted by atomic mass is 19.1. The molecule has 0 aliphatic heterocycles. The van der Waals surface area contributed by atoms with E-state index in [-0.39, 0.29) is 17.6 Å². The lowest BCUT2D eigenvalue weighted by Crippen LogP contribution is -2.19. The van der Waals surface area contributed by atoms with Gasteiger partial charge >= 0.3 is 0 Å². The highest BCUT2D eigenvalue weighted by Crippen LogP contribution is 2.39. The molecule has 2 rings (SSSR count). The molecule has 0 spiro atoms. The van der Waals surface area contributed by atoms with Crippen LogP contribution in [0.15, 0.2) is 18.2 Å². The molecule has 0 amide bonds. The number of benzene rings is 1. The van der Waals surface area contributed by atoms with Crippen molar-refractivity contribution < 1.29 is 9.13 Å². The van der Waals surface area contributed by atoms with E-state index < -0.39 is 0 Å². The zero-order valence-corrected chi connectivity index (χ0v) is 11.2. The Labute approximate surface area is 108 Å². The third-order valence-electron chi connectivity index (χ3n) is 4.23. The van der Waals surface area contributed by atoms with Crippen molar-refractivity contribution in [2.75, 3.05) is 7.11 Å². The number of ether oxygens (including phenoxy) is 1. The van der Waals surface area contributed by atoms with Gasteiger partial charge in [0, 0.05) is 6.04 Å². The third kappa shape index (κ3) is 2.66. The summed E-state index contributed by atoms with van der Waals surface area (Å²) in [6, 6.07) is 5.01. The average molecular weight is 251 g/mol. The predicted molar refractivity (Wildman–Crippen MR) is 71.0 cm³/mol. The molecule has 1 saturated carbocycles. The fourth-order valence-electron chi connectivity index (χ4n) is 2.97. The molecule has 1 aliphatic carbocycles. The van der Waals surface area contributed by atoms with Crippen LogP contribution >= 0.6 is 0 Å². The molecule has 0 bridgehead atoms. The highest BCUT2D eigenvalue weighted by Gasteiger charge is 2.29. The van der Waals surface area contributed by atoms with Crippen LogP contribution < -0.4 is 10.5 Å². The summed E-state index contributed by atoms with van der Waals surface area (Å²) in [4.78, 5) is 0. The number of halogens is 1. The maximum Gasteiger partial charge on any atom is 0.165 e. The van der Waals surface area contributed by atoms with Crippen LogP contribution in [0.5, 0.6) is 5.75 Å². The van der Waals surface area contributed by atoms with Gasteiger partial charge in [-0.25, -0.2) is 4.39 Å². The van der Waals surface area contributed by atoms with E-state index >= 15 is 0 Å². The topological polar surface area (TPSA) is 35.2 Å². The largest absolute Gasteiger partial charge is 0.494 e. The molecule has 18 heavy (non-hydrogen) atoms. The van der Waals surface area contributed by atoms with E-state index in [1.807, 2.05) is 6.07 Å². The van der Waals surface area contributed by atoms with Gasteiger partial charge in [-0.3, -0.25) is 0 Å². The SMILES string of the molecule is CCC1CCC(C(N)c2ccc(OC)c(F)c2)C1. The quantitative estimate of drug-likeness (QED) is 0.886. The van der Waals surface area contributed by atoms with Gasteiger partial charge < -0.3 is 10.5 Å². The van der Waals surface area contributed by atoms with Crippen molar-refractivity contribution >= 4 is 0 Å². The van der Waals surface area contributed by atoms with Gasteiger partial charge in [0.25, 0.3) is 0 Å². The molecule has 0 radical (unpaired) electrons. The van der Waals surface area contributed by atoms with Gasteiger partial charge in [0.2, 0.25) is 0 Å². The standard InChI is InChI=1S/C15H22FNO/c1-3-10-4-5-11(8-10)15(17)12-6-7-14(18-2)13(16)9-12/h6-7,9-11,15H,3-5,8,17H2,1-2H3. The van der Waals surface area contributed by atoms with E-state index in [4.69, 9.17) is 10.5 Å². The first-order chi connectivity index (χ1) is 8.65. The first-order valence-corrected chi connectivity index (χ1v) is 6.74. The lowest BCUT2D eigenvalue weighted by molar-refractivity contribution is 0.382. The van der Waals surface area contributed by atoms with E-state index in [9.17, 15) is 4.39 Å². The summed E-state index contributed by atoms with van der Waals surface area (Å²) in [6.45, 7) is 2.23. The Morgan fingerprint density at radius 2 is 2.22 bits per heavy atom. The Morgan fingerprint density at radius 3 is 2.78 bits per heavy atom. The molecule has 3 heteroatoms. The van der Waals surface area contributed by atoms with E-state index in [1.165, 1.54) is 32.4 Å². The van der Waals surface area contributed by atoms with Gasteiger partial charge in [-0.2, -0.15) is 0 Å². The minimum absolute atomic E-state index is 0.0537. The maximum atomic E-state index is 13.7. The molecule has 0 saturated heterocycles. The van der Waals surface area contributed by atoms with Crippen molar-refractivity contribution in [2.24, 2.45) is 17.6 Å². The molecule has 0 heterocycles. The number of nitrogens with two attached hydrogens (primary N) is 1. The van der Waals surface area contributed by atoms with Crippen LogP contribution in [0.3, 0.4) is 0 Å². The molecule has 1 fully saturated rings. The second-order valence-electron chi connectivity index (χ2n) is 5.27. The predicted octanol–water partition coefficient (Wildman–Crippen LogP) is 3.66. The summed E-state index contributed by atoms with van der Waals surface area (Å²) in [5, 5.41) is 0. The van der Waals surface area contributed by atoms with Crippen LogP contribution in [0.1, 0.15) is 44.2 Å². The Bertz CT molecular complexity index is 407. The second kappa shape index (κ2) is 5.70. The first kappa shape index (κ1) is 13.3. The number of hydrogen-bond acceptors (Lipinski definition) is 2. The van der Waals surface area contributed by atoms with Crippen LogP contribution in [0.25, 0.3) is 0 Å². The summed E-state index contributed by atoms with van der Waals surface area (Å²) in [7, 11) is 1.47. The van der Waals surface area contributed by atoms with Gasteiger partial charge in [-0.05, 0) is 42.4 Å². The summed E-state index contributed by atoms with van der Waals surface area (Å²) < 4.78 is 18.6. The fraction of sp³-hybridized carbons (Fsp3) is 0.600. The van der Waals surface area contributed by atoms with Gasteiger partial charge in [0.15, 0.2) is 11.6 Å².